The predicted molar refractivity (Wildman–Crippen MR) is 111 cm³/mol. The van der Waals surface area contributed by atoms with Gasteiger partial charge < -0.3 is 15.4 Å². The van der Waals surface area contributed by atoms with Crippen molar-refractivity contribution >= 4 is 23.2 Å². The Bertz CT molecular complexity index is 1040. The van der Waals surface area contributed by atoms with Crippen molar-refractivity contribution in [3.63, 3.8) is 0 Å². The number of anilines is 2. The van der Waals surface area contributed by atoms with Gasteiger partial charge in [0.05, 0.1) is 11.6 Å². The molecule has 0 aliphatic heterocycles. The fraction of sp³-hybridized carbons (Fsp3) is 0.0870. The molecule has 6 nitrogen and oxygen atoms in total. The Balaban J connectivity index is 1.56. The normalized spacial score (nSPS) is 11.0. The third kappa shape index (κ3) is 5.44. The molecule has 0 aliphatic carbocycles. The first kappa shape index (κ1) is 19.6. The summed E-state index contributed by atoms with van der Waals surface area (Å²) >= 11 is 0. The maximum atomic E-state index is 12.3. The van der Waals surface area contributed by atoms with Crippen LogP contribution in [0.1, 0.15) is 22.8 Å². The van der Waals surface area contributed by atoms with Gasteiger partial charge in [0.1, 0.15) is 5.75 Å². The molecule has 0 fully saturated rings. The van der Waals surface area contributed by atoms with Crippen molar-refractivity contribution < 1.29 is 14.3 Å². The zero-order valence-corrected chi connectivity index (χ0v) is 15.8. The van der Waals surface area contributed by atoms with Crippen molar-refractivity contribution in [1.82, 2.24) is 0 Å². The van der Waals surface area contributed by atoms with Crippen LogP contribution in [-0.2, 0) is 4.79 Å². The first-order valence-corrected chi connectivity index (χ1v) is 8.99. The van der Waals surface area contributed by atoms with E-state index in [1.165, 1.54) is 0 Å². The number of hydrogen-bond donors (Lipinski definition) is 2. The molecule has 0 saturated heterocycles. The molecule has 2 N–H and O–H groups in total. The van der Waals surface area contributed by atoms with Crippen LogP contribution in [0, 0.1) is 11.3 Å². The van der Waals surface area contributed by atoms with E-state index in [4.69, 9.17) is 10.00 Å². The molecule has 0 saturated carbocycles. The summed E-state index contributed by atoms with van der Waals surface area (Å²) in [5.74, 6) is -0.0377. The fourth-order valence-electron chi connectivity index (χ4n) is 2.58. The van der Waals surface area contributed by atoms with Gasteiger partial charge in [0.25, 0.3) is 11.8 Å². The third-order valence-electron chi connectivity index (χ3n) is 4.09. The summed E-state index contributed by atoms with van der Waals surface area (Å²) in [5, 5.41) is 14.5. The Morgan fingerprint density at radius 2 is 1.62 bits per heavy atom. The average Bonchev–Trinajstić information content (AvgIpc) is 2.75. The number of hydrogen-bond acceptors (Lipinski definition) is 4. The number of nitrogens with one attached hydrogen (secondary N) is 2. The average molecular weight is 385 g/mol. The minimum atomic E-state index is -0.745. The summed E-state index contributed by atoms with van der Waals surface area (Å²) in [5.41, 5.74) is 2.18. The highest BCUT2D eigenvalue weighted by Gasteiger charge is 2.15. The molecule has 29 heavy (non-hydrogen) atoms. The van der Waals surface area contributed by atoms with Crippen molar-refractivity contribution in [3.8, 4) is 11.8 Å². The first-order valence-electron chi connectivity index (χ1n) is 8.99. The maximum absolute atomic E-state index is 12.3. The molecule has 3 rings (SSSR count). The molecule has 2 amide bonds. The van der Waals surface area contributed by atoms with Gasteiger partial charge in [-0.15, -0.1) is 0 Å². The molecular weight excluding hydrogens is 366 g/mol. The van der Waals surface area contributed by atoms with E-state index in [9.17, 15) is 9.59 Å². The van der Waals surface area contributed by atoms with E-state index >= 15 is 0 Å². The van der Waals surface area contributed by atoms with Gasteiger partial charge in [-0.2, -0.15) is 5.26 Å². The van der Waals surface area contributed by atoms with Crippen molar-refractivity contribution in [3.05, 3.63) is 90.0 Å². The number of carbonyl (C=O) groups excluding carboxylic acids is 2. The number of amides is 2. The monoisotopic (exact) mass is 385 g/mol. The highest BCUT2D eigenvalue weighted by molar-refractivity contribution is 6.04. The summed E-state index contributed by atoms with van der Waals surface area (Å²) in [6.45, 7) is 1.63. The lowest BCUT2D eigenvalue weighted by Gasteiger charge is -2.15. The molecule has 0 radical (unpaired) electrons. The summed E-state index contributed by atoms with van der Waals surface area (Å²) in [4.78, 5) is 24.5. The molecule has 6 heteroatoms. The van der Waals surface area contributed by atoms with Gasteiger partial charge in [-0.3, -0.25) is 9.59 Å². The minimum absolute atomic E-state index is 0.202. The molecule has 0 unspecified atom stereocenters. The number of rotatable bonds is 6. The maximum Gasteiger partial charge on any atom is 0.265 e. The largest absolute Gasteiger partial charge is 0.481 e. The number of carbonyl (C=O) groups is 2. The van der Waals surface area contributed by atoms with Crippen LogP contribution in [0.15, 0.2) is 78.9 Å². The first-order chi connectivity index (χ1) is 14.0. The van der Waals surface area contributed by atoms with Gasteiger partial charge in [0.15, 0.2) is 6.10 Å². The van der Waals surface area contributed by atoms with Crippen molar-refractivity contribution in [2.24, 2.45) is 0 Å². The predicted octanol–water partition coefficient (Wildman–Crippen LogP) is 4.22. The van der Waals surface area contributed by atoms with Gasteiger partial charge in [0, 0.05) is 16.9 Å². The lowest BCUT2D eigenvalue weighted by Crippen LogP contribution is -2.30. The zero-order valence-electron chi connectivity index (χ0n) is 15.8. The molecule has 0 aromatic heterocycles. The Morgan fingerprint density at radius 1 is 0.897 bits per heavy atom. The second kappa shape index (κ2) is 9.20. The second-order valence-electron chi connectivity index (χ2n) is 6.29. The van der Waals surface area contributed by atoms with Crippen molar-refractivity contribution in [2.45, 2.75) is 13.0 Å². The molecule has 0 heterocycles. The van der Waals surface area contributed by atoms with E-state index in [-0.39, 0.29) is 11.8 Å². The van der Waals surface area contributed by atoms with Crippen LogP contribution in [0.3, 0.4) is 0 Å². The highest BCUT2D eigenvalue weighted by Crippen LogP contribution is 2.18. The number of benzene rings is 3. The molecule has 0 bridgehead atoms. The highest BCUT2D eigenvalue weighted by atomic mass is 16.5. The fourth-order valence-corrected chi connectivity index (χ4v) is 2.58. The van der Waals surface area contributed by atoms with Crippen molar-refractivity contribution in [2.75, 3.05) is 10.6 Å². The molecule has 3 aromatic carbocycles. The number of nitrogens with zero attached hydrogens (tertiary/aromatic N) is 1. The smallest absolute Gasteiger partial charge is 0.265 e. The zero-order chi connectivity index (χ0) is 20.6. The number of ether oxygens (including phenoxy) is 1. The van der Waals surface area contributed by atoms with Gasteiger partial charge in [0.2, 0.25) is 0 Å². The van der Waals surface area contributed by atoms with Crippen LogP contribution >= 0.6 is 0 Å². The van der Waals surface area contributed by atoms with E-state index < -0.39 is 6.10 Å². The van der Waals surface area contributed by atoms with Crippen LogP contribution in [0.2, 0.25) is 0 Å². The van der Waals surface area contributed by atoms with Gasteiger partial charge >= 0.3 is 0 Å². The minimum Gasteiger partial charge on any atom is -0.481 e. The van der Waals surface area contributed by atoms with E-state index in [1.54, 1.807) is 79.7 Å². The van der Waals surface area contributed by atoms with Crippen LogP contribution in [-0.4, -0.2) is 17.9 Å². The van der Waals surface area contributed by atoms with E-state index in [1.807, 2.05) is 12.1 Å². The van der Waals surface area contributed by atoms with Gasteiger partial charge in [-0.1, -0.05) is 24.3 Å². The van der Waals surface area contributed by atoms with Crippen LogP contribution in [0.5, 0.6) is 5.75 Å². The lowest BCUT2D eigenvalue weighted by atomic mass is 10.2. The molecule has 0 spiro atoms. The van der Waals surface area contributed by atoms with Crippen LogP contribution in [0.4, 0.5) is 11.4 Å². The number of nitriles is 1. The van der Waals surface area contributed by atoms with E-state index in [2.05, 4.69) is 10.6 Å². The van der Waals surface area contributed by atoms with E-state index in [0.29, 0.717) is 28.3 Å². The molecule has 144 valence electrons. The standard InChI is InChI=1S/C23H19N3O3/c1-16(22(27)26-20-9-5-6-17(14-20)15-24)29-21-12-10-19(11-13-21)25-23(28)18-7-3-2-4-8-18/h2-14,16H,1H3,(H,25,28)(H,26,27)/t16-/m1/s1. The Hall–Kier alpha value is -4.11. The Labute approximate surface area is 168 Å². The van der Waals surface area contributed by atoms with Crippen LogP contribution in [0.25, 0.3) is 0 Å². The van der Waals surface area contributed by atoms with Crippen molar-refractivity contribution in [1.29, 1.82) is 5.26 Å². The summed E-state index contributed by atoms with van der Waals surface area (Å²) in [6, 6.07) is 24.4. The molecule has 3 aromatic rings. The van der Waals surface area contributed by atoms with E-state index in [0.717, 1.165) is 0 Å². The topological polar surface area (TPSA) is 91.2 Å². The summed E-state index contributed by atoms with van der Waals surface area (Å²) in [6.07, 6.45) is -0.745. The second-order valence-corrected chi connectivity index (χ2v) is 6.29. The van der Waals surface area contributed by atoms with Crippen LogP contribution < -0.4 is 15.4 Å². The molecule has 1 atom stereocenters. The quantitative estimate of drug-likeness (QED) is 0.665. The molecular formula is C23H19N3O3. The van der Waals surface area contributed by atoms with Gasteiger partial charge in [-0.05, 0) is 61.5 Å². The SMILES string of the molecule is C[C@@H](Oc1ccc(NC(=O)c2ccccc2)cc1)C(=O)Nc1cccc(C#N)c1. The Morgan fingerprint density at radius 3 is 2.31 bits per heavy atom. The summed E-state index contributed by atoms with van der Waals surface area (Å²) < 4.78 is 5.66. The third-order valence-corrected chi connectivity index (χ3v) is 4.09. The van der Waals surface area contributed by atoms with Gasteiger partial charge in [-0.25, -0.2) is 0 Å². The molecule has 0 aliphatic rings. The Kier molecular flexibility index (Phi) is 6.23. The lowest BCUT2D eigenvalue weighted by molar-refractivity contribution is -0.122. The summed E-state index contributed by atoms with van der Waals surface area (Å²) in [7, 11) is 0.